The summed E-state index contributed by atoms with van der Waals surface area (Å²) in [6.45, 7) is 6.95. The van der Waals surface area contributed by atoms with Crippen LogP contribution in [0.2, 0.25) is 0 Å². The van der Waals surface area contributed by atoms with Crippen molar-refractivity contribution in [3.63, 3.8) is 0 Å². The standard InChI is InChI=1S/C20H25N5OS/c1-13-10-22-19(27-13)16-9-20(2,3)25-17(24-16)15(12-23-25)18(26)21-11-14-7-5-4-6-8-14/h4-8,10,12,15-17,24H,9,11H2,1-3H3,(H,21,26). The zero-order valence-electron chi connectivity index (χ0n) is 15.8. The summed E-state index contributed by atoms with van der Waals surface area (Å²) in [5.41, 5.74) is 0.941. The van der Waals surface area contributed by atoms with E-state index in [9.17, 15) is 4.79 Å². The van der Waals surface area contributed by atoms with Crippen LogP contribution in [0.3, 0.4) is 0 Å². The molecule has 27 heavy (non-hydrogen) atoms. The molecule has 2 aromatic rings. The Morgan fingerprint density at radius 2 is 2.15 bits per heavy atom. The van der Waals surface area contributed by atoms with Crippen molar-refractivity contribution in [2.45, 2.75) is 51.5 Å². The molecule has 0 spiro atoms. The first-order chi connectivity index (χ1) is 12.9. The number of carbonyl (C=O) groups excluding carboxylic acids is 1. The minimum absolute atomic E-state index is 0.00521. The molecule has 142 valence electrons. The number of hydrogen-bond donors (Lipinski definition) is 2. The van der Waals surface area contributed by atoms with Crippen molar-refractivity contribution in [3.05, 3.63) is 52.0 Å². The van der Waals surface area contributed by atoms with Gasteiger partial charge in [0.15, 0.2) is 0 Å². The molecule has 0 radical (unpaired) electrons. The minimum Gasteiger partial charge on any atom is -0.351 e. The van der Waals surface area contributed by atoms with Gasteiger partial charge >= 0.3 is 0 Å². The van der Waals surface area contributed by atoms with Gasteiger partial charge in [-0.25, -0.2) is 4.98 Å². The summed E-state index contributed by atoms with van der Waals surface area (Å²) in [5.74, 6) is -0.328. The second kappa shape index (κ2) is 7.05. The fourth-order valence-electron chi connectivity index (χ4n) is 3.82. The lowest BCUT2D eigenvalue weighted by Gasteiger charge is -2.47. The van der Waals surface area contributed by atoms with Crippen LogP contribution in [0.25, 0.3) is 0 Å². The smallest absolute Gasteiger partial charge is 0.232 e. The molecular formula is C20H25N5OS. The van der Waals surface area contributed by atoms with Gasteiger partial charge < -0.3 is 5.32 Å². The zero-order valence-corrected chi connectivity index (χ0v) is 16.7. The van der Waals surface area contributed by atoms with Crippen molar-refractivity contribution >= 4 is 23.5 Å². The number of benzene rings is 1. The normalized spacial score (nSPS) is 26.0. The Morgan fingerprint density at radius 1 is 1.37 bits per heavy atom. The number of fused-ring (bicyclic) bond motifs is 1. The Morgan fingerprint density at radius 3 is 2.85 bits per heavy atom. The molecule has 2 aliphatic rings. The Kier molecular flexibility index (Phi) is 4.74. The van der Waals surface area contributed by atoms with Crippen molar-refractivity contribution in [3.8, 4) is 0 Å². The molecule has 1 fully saturated rings. The predicted molar refractivity (Wildman–Crippen MR) is 107 cm³/mol. The van der Waals surface area contributed by atoms with Crippen LogP contribution in [-0.4, -0.2) is 33.8 Å². The Balaban J connectivity index is 1.48. The SMILES string of the molecule is Cc1cnc(C2CC(C)(C)N3N=CC(C(=O)NCc4ccccc4)C3N2)s1. The van der Waals surface area contributed by atoms with E-state index in [0.29, 0.717) is 6.54 Å². The maximum Gasteiger partial charge on any atom is 0.232 e. The molecule has 3 atom stereocenters. The second-order valence-electron chi connectivity index (χ2n) is 7.83. The molecule has 6 nitrogen and oxygen atoms in total. The monoisotopic (exact) mass is 383 g/mol. The number of aryl methyl sites for hydroxylation is 1. The number of amides is 1. The number of nitrogens with one attached hydrogen (secondary N) is 2. The number of nitrogens with zero attached hydrogens (tertiary/aromatic N) is 3. The Bertz CT molecular complexity index is 847. The average Bonchev–Trinajstić information content (AvgIpc) is 3.27. The summed E-state index contributed by atoms with van der Waals surface area (Å²) in [4.78, 5) is 18.6. The number of hydrogen-bond acceptors (Lipinski definition) is 6. The second-order valence-corrected chi connectivity index (χ2v) is 9.09. The molecule has 1 aromatic carbocycles. The van der Waals surface area contributed by atoms with Gasteiger partial charge in [-0.2, -0.15) is 5.10 Å². The molecule has 1 aromatic heterocycles. The molecule has 1 saturated heterocycles. The molecule has 3 heterocycles. The molecule has 0 bridgehead atoms. The van der Waals surface area contributed by atoms with Gasteiger partial charge in [0.1, 0.15) is 17.1 Å². The van der Waals surface area contributed by atoms with E-state index in [1.54, 1.807) is 17.6 Å². The third-order valence-electron chi connectivity index (χ3n) is 5.20. The number of carbonyl (C=O) groups is 1. The summed E-state index contributed by atoms with van der Waals surface area (Å²) >= 11 is 1.71. The van der Waals surface area contributed by atoms with Gasteiger partial charge in [-0.1, -0.05) is 30.3 Å². The highest BCUT2D eigenvalue weighted by Crippen LogP contribution is 2.39. The van der Waals surface area contributed by atoms with Crippen LogP contribution in [-0.2, 0) is 11.3 Å². The van der Waals surface area contributed by atoms with Gasteiger partial charge in [-0.15, -0.1) is 11.3 Å². The van der Waals surface area contributed by atoms with Crippen molar-refractivity contribution in [2.75, 3.05) is 0 Å². The van der Waals surface area contributed by atoms with Gasteiger partial charge in [-0.3, -0.25) is 15.1 Å². The van der Waals surface area contributed by atoms with Crippen LogP contribution >= 0.6 is 11.3 Å². The van der Waals surface area contributed by atoms with E-state index in [4.69, 9.17) is 0 Å². The lowest BCUT2D eigenvalue weighted by atomic mass is 9.89. The molecule has 3 unspecified atom stereocenters. The molecule has 2 N–H and O–H groups in total. The maximum absolute atomic E-state index is 12.8. The molecule has 4 rings (SSSR count). The van der Waals surface area contributed by atoms with Crippen LogP contribution < -0.4 is 10.6 Å². The third kappa shape index (κ3) is 3.61. The average molecular weight is 384 g/mol. The Labute approximate surface area is 163 Å². The lowest BCUT2D eigenvalue weighted by molar-refractivity contribution is -0.126. The quantitative estimate of drug-likeness (QED) is 0.852. The maximum atomic E-state index is 12.8. The third-order valence-corrected chi connectivity index (χ3v) is 6.23. The van der Waals surface area contributed by atoms with Crippen LogP contribution in [0.4, 0.5) is 0 Å². The highest BCUT2D eigenvalue weighted by atomic mass is 32.1. The highest BCUT2D eigenvalue weighted by molar-refractivity contribution is 7.11. The summed E-state index contributed by atoms with van der Waals surface area (Å²) in [7, 11) is 0. The van der Waals surface area contributed by atoms with Gasteiger partial charge in [0, 0.05) is 23.8 Å². The van der Waals surface area contributed by atoms with Crippen LogP contribution in [0, 0.1) is 12.8 Å². The van der Waals surface area contributed by atoms with E-state index in [1.165, 1.54) is 4.88 Å². The minimum atomic E-state index is -0.322. The van der Waals surface area contributed by atoms with E-state index in [1.807, 2.05) is 41.5 Å². The van der Waals surface area contributed by atoms with Gasteiger partial charge in [0.25, 0.3) is 0 Å². The van der Waals surface area contributed by atoms with Crippen LogP contribution in [0.15, 0.2) is 41.6 Å². The predicted octanol–water partition coefficient (Wildman–Crippen LogP) is 2.82. The van der Waals surface area contributed by atoms with Gasteiger partial charge in [0.05, 0.1) is 11.6 Å². The Hall–Kier alpha value is -2.25. The first-order valence-electron chi connectivity index (χ1n) is 9.27. The summed E-state index contributed by atoms with van der Waals surface area (Å²) in [6.07, 6.45) is 4.43. The molecular weight excluding hydrogens is 358 g/mol. The van der Waals surface area contributed by atoms with Gasteiger partial charge in [0.2, 0.25) is 5.91 Å². The number of thiazole rings is 1. The van der Waals surface area contributed by atoms with Crippen molar-refractivity contribution in [1.82, 2.24) is 20.6 Å². The molecule has 1 amide bonds. The van der Waals surface area contributed by atoms with E-state index >= 15 is 0 Å². The van der Waals surface area contributed by atoms with Crippen LogP contribution in [0.5, 0.6) is 0 Å². The lowest BCUT2D eigenvalue weighted by Crippen LogP contribution is -2.61. The summed E-state index contributed by atoms with van der Waals surface area (Å²) in [6, 6.07) is 10.1. The number of hydrazone groups is 1. The number of aromatic nitrogens is 1. The van der Waals surface area contributed by atoms with Crippen molar-refractivity contribution < 1.29 is 4.79 Å². The van der Waals surface area contributed by atoms with Crippen molar-refractivity contribution in [2.24, 2.45) is 11.0 Å². The van der Waals surface area contributed by atoms with E-state index < -0.39 is 0 Å². The largest absolute Gasteiger partial charge is 0.351 e. The first-order valence-corrected chi connectivity index (χ1v) is 10.1. The van der Waals surface area contributed by atoms with E-state index in [2.05, 4.69) is 41.5 Å². The first kappa shape index (κ1) is 18.1. The van der Waals surface area contributed by atoms with E-state index in [-0.39, 0.29) is 29.6 Å². The van der Waals surface area contributed by atoms with E-state index in [0.717, 1.165) is 17.0 Å². The topological polar surface area (TPSA) is 69.6 Å². The molecule has 0 aliphatic carbocycles. The highest BCUT2D eigenvalue weighted by Gasteiger charge is 2.48. The molecule has 7 heteroatoms. The summed E-state index contributed by atoms with van der Waals surface area (Å²) < 4.78 is 0. The molecule has 0 saturated carbocycles. The van der Waals surface area contributed by atoms with Crippen molar-refractivity contribution in [1.29, 1.82) is 0 Å². The van der Waals surface area contributed by atoms with Crippen LogP contribution in [0.1, 0.15) is 41.8 Å². The molecule has 2 aliphatic heterocycles. The summed E-state index contributed by atoms with van der Waals surface area (Å²) in [5, 5.41) is 14.4. The zero-order chi connectivity index (χ0) is 19.0. The van der Waals surface area contributed by atoms with Gasteiger partial charge in [-0.05, 0) is 32.8 Å². The fraction of sp³-hybridized carbons (Fsp3) is 0.450. The number of rotatable bonds is 4. The fourth-order valence-corrected chi connectivity index (χ4v) is 4.65.